The Bertz CT molecular complexity index is 484. The van der Waals surface area contributed by atoms with Crippen LogP contribution >= 0.6 is 0 Å². The number of aldehydes is 1. The largest absolute Gasteiger partial charge is 0.416 e. The fourth-order valence-corrected chi connectivity index (χ4v) is 1.24. The number of hydrogen-bond donors (Lipinski definition) is 0. The fourth-order valence-electron chi connectivity index (χ4n) is 1.24. The molecule has 0 unspecified atom stereocenters. The van der Waals surface area contributed by atoms with Gasteiger partial charge in [-0.25, -0.2) is 0 Å². The summed E-state index contributed by atoms with van der Waals surface area (Å²) in [6.45, 7) is 0. The molecular weight excluding hydrogens is 231 g/mol. The summed E-state index contributed by atoms with van der Waals surface area (Å²) < 4.78 is 37.1. The predicted octanol–water partition coefficient (Wildman–Crippen LogP) is 3.44. The minimum Gasteiger partial charge on any atom is -0.298 e. The zero-order chi connectivity index (χ0) is 12.9. The quantitative estimate of drug-likeness (QED) is 0.758. The highest BCUT2D eigenvalue weighted by Crippen LogP contribution is 2.30. The number of nitriles is 1. The summed E-state index contributed by atoms with van der Waals surface area (Å²) in [5.41, 5.74) is -0.547. The Hall–Kier alpha value is -2.09. The fraction of sp³-hybridized carbons (Fsp3) is 0.167. The standard InChI is InChI=1S/C12H8F3NO/c13-12(14,15)11-5-4-9(3-1-2-6-16)10(7-11)8-17/h1,3-5,7-8H,2H2. The number of halogens is 3. The molecule has 0 heterocycles. The third-order valence-corrected chi connectivity index (χ3v) is 2.05. The van der Waals surface area contributed by atoms with Gasteiger partial charge in [0, 0.05) is 5.56 Å². The maximum absolute atomic E-state index is 12.4. The summed E-state index contributed by atoms with van der Waals surface area (Å²) in [6.07, 6.45) is -1.03. The lowest BCUT2D eigenvalue weighted by Crippen LogP contribution is -2.05. The van der Waals surface area contributed by atoms with Crippen LogP contribution in [0.1, 0.15) is 27.9 Å². The average Bonchev–Trinajstić information content (AvgIpc) is 2.28. The lowest BCUT2D eigenvalue weighted by molar-refractivity contribution is -0.137. The van der Waals surface area contributed by atoms with Gasteiger partial charge >= 0.3 is 6.18 Å². The summed E-state index contributed by atoms with van der Waals surface area (Å²) in [5, 5.41) is 8.30. The smallest absolute Gasteiger partial charge is 0.298 e. The summed E-state index contributed by atoms with van der Waals surface area (Å²) in [4.78, 5) is 10.7. The van der Waals surface area contributed by atoms with Crippen LogP contribution in [0.25, 0.3) is 6.08 Å². The van der Waals surface area contributed by atoms with Crippen LogP contribution in [0.5, 0.6) is 0 Å². The van der Waals surface area contributed by atoms with Crippen molar-refractivity contribution in [2.75, 3.05) is 0 Å². The minimum absolute atomic E-state index is 0.0472. The Morgan fingerprint density at radius 2 is 2.00 bits per heavy atom. The molecule has 2 nitrogen and oxygen atoms in total. The van der Waals surface area contributed by atoms with Gasteiger partial charge in [-0.1, -0.05) is 18.2 Å². The molecule has 0 fully saturated rings. The van der Waals surface area contributed by atoms with Crippen LogP contribution in [0.3, 0.4) is 0 Å². The Kier molecular flexibility index (Phi) is 4.05. The highest BCUT2D eigenvalue weighted by atomic mass is 19.4. The first-order valence-corrected chi connectivity index (χ1v) is 4.69. The van der Waals surface area contributed by atoms with Crippen molar-refractivity contribution in [3.8, 4) is 6.07 Å². The highest BCUT2D eigenvalue weighted by molar-refractivity contribution is 5.82. The molecule has 1 aromatic rings. The van der Waals surface area contributed by atoms with Gasteiger partial charge in [0.25, 0.3) is 0 Å². The summed E-state index contributed by atoms with van der Waals surface area (Å²) in [5.74, 6) is 0. The van der Waals surface area contributed by atoms with Crippen molar-refractivity contribution >= 4 is 12.4 Å². The van der Waals surface area contributed by atoms with E-state index < -0.39 is 11.7 Å². The Labute approximate surface area is 96.0 Å². The summed E-state index contributed by atoms with van der Waals surface area (Å²) >= 11 is 0. The number of benzene rings is 1. The number of allylic oxidation sites excluding steroid dienone is 1. The van der Waals surface area contributed by atoms with E-state index in [1.54, 1.807) is 0 Å². The number of carbonyl (C=O) groups is 1. The molecule has 0 aliphatic rings. The Morgan fingerprint density at radius 1 is 1.29 bits per heavy atom. The maximum Gasteiger partial charge on any atom is 0.416 e. The zero-order valence-electron chi connectivity index (χ0n) is 8.66. The first-order chi connectivity index (χ1) is 7.99. The number of carbonyl (C=O) groups excluding carboxylic acids is 1. The molecule has 0 aliphatic heterocycles. The number of hydrogen-bond acceptors (Lipinski definition) is 2. The molecule has 0 aromatic heterocycles. The summed E-state index contributed by atoms with van der Waals surface area (Å²) in [7, 11) is 0. The second-order valence-corrected chi connectivity index (χ2v) is 3.22. The van der Waals surface area contributed by atoms with Gasteiger partial charge in [0.05, 0.1) is 18.1 Å². The van der Waals surface area contributed by atoms with E-state index in [0.717, 1.165) is 12.1 Å². The monoisotopic (exact) mass is 239 g/mol. The number of nitrogens with zero attached hydrogens (tertiary/aromatic N) is 1. The molecule has 5 heteroatoms. The van der Waals surface area contributed by atoms with E-state index in [2.05, 4.69) is 0 Å². The van der Waals surface area contributed by atoms with Gasteiger partial charge in [-0.2, -0.15) is 18.4 Å². The lowest BCUT2D eigenvalue weighted by Gasteiger charge is -2.08. The molecule has 1 aromatic carbocycles. The zero-order valence-corrected chi connectivity index (χ0v) is 8.66. The molecule has 0 bridgehead atoms. The molecule has 1 rings (SSSR count). The van der Waals surface area contributed by atoms with Gasteiger partial charge in [0.1, 0.15) is 0 Å². The van der Waals surface area contributed by atoms with Crippen molar-refractivity contribution in [3.05, 3.63) is 41.0 Å². The van der Waals surface area contributed by atoms with E-state index in [0.29, 0.717) is 11.8 Å². The van der Waals surface area contributed by atoms with Gasteiger partial charge in [0.15, 0.2) is 6.29 Å². The second-order valence-electron chi connectivity index (χ2n) is 3.22. The van der Waals surface area contributed by atoms with E-state index >= 15 is 0 Å². The van der Waals surface area contributed by atoms with Gasteiger partial charge in [-0.15, -0.1) is 0 Å². The van der Waals surface area contributed by atoms with Gasteiger partial charge in [-0.3, -0.25) is 4.79 Å². The third kappa shape index (κ3) is 3.45. The Morgan fingerprint density at radius 3 is 2.53 bits per heavy atom. The third-order valence-electron chi connectivity index (χ3n) is 2.05. The molecule has 0 amide bonds. The van der Waals surface area contributed by atoms with Crippen molar-refractivity contribution in [2.45, 2.75) is 12.6 Å². The van der Waals surface area contributed by atoms with Crippen LogP contribution in [-0.2, 0) is 6.18 Å². The van der Waals surface area contributed by atoms with Gasteiger partial charge < -0.3 is 0 Å². The lowest BCUT2D eigenvalue weighted by atomic mass is 10.0. The van der Waals surface area contributed by atoms with Crippen molar-refractivity contribution < 1.29 is 18.0 Å². The normalized spacial score (nSPS) is 11.4. The summed E-state index contributed by atoms with van der Waals surface area (Å²) in [6, 6.07) is 4.76. The van der Waals surface area contributed by atoms with Crippen molar-refractivity contribution in [1.29, 1.82) is 5.26 Å². The number of rotatable bonds is 3. The van der Waals surface area contributed by atoms with Crippen molar-refractivity contribution in [3.63, 3.8) is 0 Å². The van der Waals surface area contributed by atoms with E-state index in [-0.39, 0.29) is 12.0 Å². The first kappa shape index (κ1) is 13.0. The molecule has 0 atom stereocenters. The Balaban J connectivity index is 3.11. The van der Waals surface area contributed by atoms with Gasteiger partial charge in [0.2, 0.25) is 0 Å². The SMILES string of the molecule is N#CCC=Cc1ccc(C(F)(F)F)cc1C=O. The number of alkyl halides is 3. The van der Waals surface area contributed by atoms with Crippen molar-refractivity contribution in [1.82, 2.24) is 0 Å². The maximum atomic E-state index is 12.4. The van der Waals surface area contributed by atoms with Crippen LogP contribution in [-0.4, -0.2) is 6.29 Å². The highest BCUT2D eigenvalue weighted by Gasteiger charge is 2.30. The van der Waals surface area contributed by atoms with Crippen LogP contribution in [0.2, 0.25) is 0 Å². The molecule has 0 saturated carbocycles. The van der Waals surface area contributed by atoms with Gasteiger partial charge in [-0.05, 0) is 17.7 Å². The molecule has 0 spiro atoms. The van der Waals surface area contributed by atoms with Crippen LogP contribution in [0, 0.1) is 11.3 Å². The van der Waals surface area contributed by atoms with Crippen LogP contribution < -0.4 is 0 Å². The molecule has 0 N–H and O–H groups in total. The average molecular weight is 239 g/mol. The van der Waals surface area contributed by atoms with E-state index in [1.165, 1.54) is 18.2 Å². The first-order valence-electron chi connectivity index (χ1n) is 4.69. The van der Waals surface area contributed by atoms with E-state index in [9.17, 15) is 18.0 Å². The predicted molar refractivity (Wildman–Crippen MR) is 56.1 cm³/mol. The second kappa shape index (κ2) is 5.30. The van der Waals surface area contributed by atoms with E-state index in [1.807, 2.05) is 6.07 Å². The van der Waals surface area contributed by atoms with Crippen molar-refractivity contribution in [2.24, 2.45) is 0 Å². The molecule has 0 saturated heterocycles. The molecular formula is C12H8F3NO. The van der Waals surface area contributed by atoms with Crippen LogP contribution in [0.15, 0.2) is 24.3 Å². The van der Waals surface area contributed by atoms with Crippen LogP contribution in [0.4, 0.5) is 13.2 Å². The molecule has 0 aliphatic carbocycles. The molecule has 17 heavy (non-hydrogen) atoms. The molecule has 0 radical (unpaired) electrons. The molecule has 88 valence electrons. The minimum atomic E-state index is -4.47. The topological polar surface area (TPSA) is 40.9 Å². The van der Waals surface area contributed by atoms with E-state index in [4.69, 9.17) is 5.26 Å².